The SMILES string of the molecule is COc1ccc(C)c2nc(CCCN(C)CC[C@@]3(O)C[C@@H]4CCC[C@H]3C=C4c3ccccc3)[nH]c12. The van der Waals surface area contributed by atoms with E-state index in [0.29, 0.717) is 5.92 Å². The van der Waals surface area contributed by atoms with E-state index < -0.39 is 5.60 Å². The number of aromatic amines is 1. The molecule has 2 bridgehead atoms. The molecule has 3 aromatic rings. The summed E-state index contributed by atoms with van der Waals surface area (Å²) in [7, 11) is 3.88. The van der Waals surface area contributed by atoms with Crippen molar-refractivity contribution in [3.63, 3.8) is 0 Å². The number of allylic oxidation sites excluding steroid dienone is 1. The molecular formula is C30H39N3O2. The number of fused-ring (bicyclic) bond motifs is 4. The number of nitrogens with zero attached hydrogens (tertiary/aromatic N) is 2. The van der Waals surface area contributed by atoms with Crippen LogP contribution in [0.2, 0.25) is 0 Å². The van der Waals surface area contributed by atoms with Gasteiger partial charge in [-0.1, -0.05) is 48.9 Å². The van der Waals surface area contributed by atoms with E-state index in [1.165, 1.54) is 24.0 Å². The first-order valence-corrected chi connectivity index (χ1v) is 13.2. The maximum atomic E-state index is 11.7. The lowest BCUT2D eigenvalue weighted by Gasteiger charge is -2.41. The highest BCUT2D eigenvalue weighted by Gasteiger charge is 2.44. The van der Waals surface area contributed by atoms with Crippen LogP contribution in [0.1, 0.15) is 55.5 Å². The van der Waals surface area contributed by atoms with Gasteiger partial charge in [0.15, 0.2) is 0 Å². The molecule has 2 aromatic carbocycles. The summed E-state index contributed by atoms with van der Waals surface area (Å²) in [5.41, 5.74) is 5.37. The van der Waals surface area contributed by atoms with Crippen molar-refractivity contribution in [1.82, 2.24) is 14.9 Å². The third kappa shape index (κ3) is 5.03. The molecule has 0 spiro atoms. The van der Waals surface area contributed by atoms with Crippen molar-refractivity contribution >= 4 is 16.6 Å². The number of methoxy groups -OCH3 is 1. The van der Waals surface area contributed by atoms with Crippen LogP contribution in [0.25, 0.3) is 16.6 Å². The summed E-state index contributed by atoms with van der Waals surface area (Å²) in [6.45, 7) is 3.99. The molecule has 0 saturated heterocycles. The predicted octanol–water partition coefficient (Wildman–Crippen LogP) is 5.77. The van der Waals surface area contributed by atoms with Gasteiger partial charge in [0.2, 0.25) is 0 Å². The molecule has 0 radical (unpaired) electrons. The minimum absolute atomic E-state index is 0.263. The van der Waals surface area contributed by atoms with Crippen LogP contribution in [0.3, 0.4) is 0 Å². The van der Waals surface area contributed by atoms with Crippen molar-refractivity contribution in [1.29, 1.82) is 0 Å². The summed E-state index contributed by atoms with van der Waals surface area (Å²) in [5.74, 6) is 2.59. The van der Waals surface area contributed by atoms with E-state index in [1.807, 2.05) is 6.07 Å². The van der Waals surface area contributed by atoms with Gasteiger partial charge in [0.25, 0.3) is 0 Å². The van der Waals surface area contributed by atoms with Gasteiger partial charge in [-0.25, -0.2) is 4.98 Å². The third-order valence-corrected chi connectivity index (χ3v) is 8.24. The second kappa shape index (κ2) is 10.2. The molecule has 0 unspecified atom stereocenters. The van der Waals surface area contributed by atoms with Crippen molar-refractivity contribution in [2.24, 2.45) is 11.8 Å². The standard InChI is InChI=1S/C30H39N3O2/c1-21-14-15-26(35-3)29-28(21)31-27(32-29)13-8-17-33(2)18-16-30(34)20-23-11-7-12-24(30)19-25(23)22-9-5-4-6-10-22/h4-6,9-10,14-15,19,23-24,34H,7-8,11-13,16-18,20H2,1-3H3,(H,31,32)/t23-,24-,30+/m0/s1. The molecule has 186 valence electrons. The van der Waals surface area contributed by atoms with Crippen molar-refractivity contribution in [3.05, 3.63) is 65.5 Å². The van der Waals surface area contributed by atoms with E-state index in [0.717, 1.165) is 73.4 Å². The highest BCUT2D eigenvalue weighted by Crippen LogP contribution is 2.49. The summed E-state index contributed by atoms with van der Waals surface area (Å²) in [6.07, 6.45) is 9.58. The second-order valence-electron chi connectivity index (χ2n) is 10.7. The fourth-order valence-electron chi connectivity index (χ4n) is 6.19. The van der Waals surface area contributed by atoms with Crippen LogP contribution in [0.15, 0.2) is 48.5 Å². The molecule has 5 nitrogen and oxygen atoms in total. The minimum atomic E-state index is -0.583. The number of aromatic nitrogens is 2. The number of aliphatic hydroxyl groups is 1. The van der Waals surface area contributed by atoms with E-state index >= 15 is 0 Å². The Labute approximate surface area is 209 Å². The van der Waals surface area contributed by atoms with Gasteiger partial charge in [-0.3, -0.25) is 0 Å². The minimum Gasteiger partial charge on any atom is -0.494 e. The fourth-order valence-corrected chi connectivity index (χ4v) is 6.19. The molecule has 5 heteroatoms. The molecule has 3 atom stereocenters. The monoisotopic (exact) mass is 473 g/mol. The maximum Gasteiger partial charge on any atom is 0.144 e. The summed E-state index contributed by atoms with van der Waals surface area (Å²) in [6, 6.07) is 14.8. The van der Waals surface area contributed by atoms with Crippen LogP contribution in [-0.4, -0.2) is 52.8 Å². The molecule has 3 aliphatic rings. The second-order valence-corrected chi connectivity index (χ2v) is 10.7. The number of aryl methyl sites for hydroxylation is 2. The Morgan fingerprint density at radius 3 is 2.77 bits per heavy atom. The number of rotatable bonds is 9. The molecular weight excluding hydrogens is 434 g/mol. The maximum absolute atomic E-state index is 11.7. The average Bonchev–Trinajstić information content (AvgIpc) is 3.10. The lowest BCUT2D eigenvalue weighted by atomic mass is 9.70. The van der Waals surface area contributed by atoms with E-state index in [1.54, 1.807) is 7.11 Å². The number of benzene rings is 2. The van der Waals surface area contributed by atoms with Gasteiger partial charge < -0.3 is 19.7 Å². The third-order valence-electron chi connectivity index (χ3n) is 8.24. The molecule has 6 rings (SSSR count). The van der Waals surface area contributed by atoms with Crippen molar-refractivity contribution in [3.8, 4) is 5.75 Å². The molecule has 1 heterocycles. The first-order valence-electron chi connectivity index (χ1n) is 13.2. The zero-order valence-electron chi connectivity index (χ0n) is 21.4. The Kier molecular flexibility index (Phi) is 6.99. The van der Waals surface area contributed by atoms with Crippen LogP contribution in [0.5, 0.6) is 5.75 Å². The molecule has 35 heavy (non-hydrogen) atoms. The van der Waals surface area contributed by atoms with Gasteiger partial charge in [0.05, 0.1) is 18.2 Å². The largest absolute Gasteiger partial charge is 0.494 e. The van der Waals surface area contributed by atoms with Gasteiger partial charge in [-0.05, 0) is 81.3 Å². The highest BCUT2D eigenvalue weighted by molar-refractivity contribution is 5.84. The van der Waals surface area contributed by atoms with Crippen LogP contribution in [0.4, 0.5) is 0 Å². The predicted molar refractivity (Wildman–Crippen MR) is 143 cm³/mol. The Morgan fingerprint density at radius 1 is 1.14 bits per heavy atom. The zero-order valence-corrected chi connectivity index (χ0v) is 21.4. The number of imidazole rings is 1. The van der Waals surface area contributed by atoms with Crippen molar-refractivity contribution < 1.29 is 9.84 Å². The van der Waals surface area contributed by atoms with E-state index in [9.17, 15) is 5.11 Å². The summed E-state index contributed by atoms with van der Waals surface area (Å²) in [4.78, 5) is 10.6. The Morgan fingerprint density at radius 2 is 1.97 bits per heavy atom. The normalized spacial score (nSPS) is 24.1. The van der Waals surface area contributed by atoms with Gasteiger partial charge in [-0.15, -0.1) is 0 Å². The van der Waals surface area contributed by atoms with E-state index in [-0.39, 0.29) is 5.92 Å². The molecule has 1 fully saturated rings. The number of hydrogen-bond acceptors (Lipinski definition) is 4. The summed E-state index contributed by atoms with van der Waals surface area (Å²) in [5, 5.41) is 11.7. The molecule has 2 N–H and O–H groups in total. The highest BCUT2D eigenvalue weighted by atomic mass is 16.5. The molecule has 3 aliphatic carbocycles. The quantitative estimate of drug-likeness (QED) is 0.414. The van der Waals surface area contributed by atoms with E-state index in [2.05, 4.69) is 66.3 Å². The van der Waals surface area contributed by atoms with Crippen molar-refractivity contribution in [2.45, 2.75) is 57.5 Å². The number of H-pyrrole nitrogens is 1. The molecule has 0 aliphatic heterocycles. The summed E-state index contributed by atoms with van der Waals surface area (Å²) < 4.78 is 5.49. The van der Waals surface area contributed by atoms with Crippen LogP contribution in [0, 0.1) is 18.8 Å². The number of nitrogens with one attached hydrogen (secondary N) is 1. The number of ether oxygens (including phenoxy) is 1. The fraction of sp³-hybridized carbons (Fsp3) is 0.500. The van der Waals surface area contributed by atoms with Gasteiger partial charge in [-0.2, -0.15) is 0 Å². The van der Waals surface area contributed by atoms with Gasteiger partial charge in [0, 0.05) is 18.9 Å². The zero-order chi connectivity index (χ0) is 24.4. The van der Waals surface area contributed by atoms with Gasteiger partial charge in [0.1, 0.15) is 17.1 Å². The average molecular weight is 474 g/mol. The lowest BCUT2D eigenvalue weighted by Crippen LogP contribution is -2.43. The topological polar surface area (TPSA) is 61.4 Å². The Balaban J connectivity index is 1.16. The Hall–Kier alpha value is -2.63. The molecule has 1 saturated carbocycles. The molecule has 0 amide bonds. The van der Waals surface area contributed by atoms with Crippen molar-refractivity contribution in [2.75, 3.05) is 27.2 Å². The van der Waals surface area contributed by atoms with Gasteiger partial charge >= 0.3 is 0 Å². The summed E-state index contributed by atoms with van der Waals surface area (Å²) >= 11 is 0. The first-order chi connectivity index (χ1) is 17.0. The lowest BCUT2D eigenvalue weighted by molar-refractivity contribution is -0.0299. The Bertz CT molecular complexity index is 1190. The first kappa shape index (κ1) is 24.1. The van der Waals surface area contributed by atoms with Crippen LogP contribution >= 0.6 is 0 Å². The van der Waals surface area contributed by atoms with Crippen LogP contribution in [-0.2, 0) is 6.42 Å². The molecule has 1 aromatic heterocycles. The van der Waals surface area contributed by atoms with Crippen LogP contribution < -0.4 is 4.74 Å². The number of hydrogen-bond donors (Lipinski definition) is 2. The smallest absolute Gasteiger partial charge is 0.144 e. The van der Waals surface area contributed by atoms with E-state index in [4.69, 9.17) is 9.72 Å².